The summed E-state index contributed by atoms with van der Waals surface area (Å²) in [5.74, 6) is -3.64. The summed E-state index contributed by atoms with van der Waals surface area (Å²) in [4.78, 5) is 61.7. The van der Waals surface area contributed by atoms with Crippen molar-refractivity contribution >= 4 is 29.6 Å². The maximum Gasteiger partial charge on any atom is 0.326 e. The van der Waals surface area contributed by atoms with Crippen molar-refractivity contribution in [1.82, 2.24) is 16.0 Å². The Morgan fingerprint density at radius 1 is 0.784 bits per heavy atom. The minimum absolute atomic E-state index is 0.0217. The lowest BCUT2D eigenvalue weighted by Crippen LogP contribution is -2.58. The fourth-order valence-corrected chi connectivity index (χ4v) is 3.74. The number of aliphatic carboxylic acids is 1. The minimum atomic E-state index is -1.35. The average molecular weight is 520 g/mol. The zero-order valence-corrected chi connectivity index (χ0v) is 22.0. The van der Waals surface area contributed by atoms with Gasteiger partial charge in [0.25, 0.3) is 0 Å². The van der Waals surface area contributed by atoms with Gasteiger partial charge in [0.15, 0.2) is 0 Å². The molecular weight excluding hydrogens is 478 g/mol. The molecule has 0 saturated carbocycles. The van der Waals surface area contributed by atoms with E-state index in [9.17, 15) is 29.1 Å². The smallest absolute Gasteiger partial charge is 0.326 e. The third kappa shape index (κ3) is 12.4. The van der Waals surface area contributed by atoms with E-state index in [0.717, 1.165) is 5.56 Å². The Hall–Kier alpha value is -3.47. The second-order valence-electron chi connectivity index (χ2n) is 10.1. The molecule has 0 saturated heterocycles. The Morgan fingerprint density at radius 3 is 1.81 bits per heavy atom. The number of hydrogen-bond acceptors (Lipinski definition) is 6. The molecule has 11 nitrogen and oxygen atoms in total. The summed E-state index contributed by atoms with van der Waals surface area (Å²) in [6.07, 6.45) is 0.420. The van der Waals surface area contributed by atoms with Gasteiger partial charge in [0.1, 0.15) is 18.1 Å². The SMILES string of the molecule is CC(C)CC(N)C(=O)NC(Cc1ccccc1)C(=O)NC(CC(C)C)C(=O)NC(CCC(N)=O)C(=O)O. The van der Waals surface area contributed by atoms with Gasteiger partial charge >= 0.3 is 5.97 Å². The summed E-state index contributed by atoms with van der Waals surface area (Å²) >= 11 is 0. The van der Waals surface area contributed by atoms with Gasteiger partial charge < -0.3 is 32.5 Å². The van der Waals surface area contributed by atoms with Crippen LogP contribution in [0.15, 0.2) is 30.3 Å². The predicted octanol–water partition coefficient (Wildman–Crippen LogP) is 0.453. The van der Waals surface area contributed by atoms with Crippen LogP contribution in [0.1, 0.15) is 58.9 Å². The Morgan fingerprint density at radius 2 is 1.30 bits per heavy atom. The van der Waals surface area contributed by atoms with E-state index in [0.29, 0.717) is 6.42 Å². The van der Waals surface area contributed by atoms with Gasteiger partial charge in [-0.05, 0) is 36.7 Å². The number of carbonyl (C=O) groups is 5. The summed E-state index contributed by atoms with van der Waals surface area (Å²) in [6, 6.07) is 4.85. The Labute approximate surface area is 218 Å². The summed E-state index contributed by atoms with van der Waals surface area (Å²) < 4.78 is 0. The topological polar surface area (TPSA) is 194 Å². The Balaban J connectivity index is 3.09. The van der Waals surface area contributed by atoms with Crippen molar-refractivity contribution in [3.8, 4) is 0 Å². The van der Waals surface area contributed by atoms with E-state index in [1.807, 2.05) is 58.0 Å². The van der Waals surface area contributed by atoms with Crippen molar-refractivity contribution in [2.75, 3.05) is 0 Å². The molecule has 206 valence electrons. The molecule has 11 heteroatoms. The third-order valence-corrected chi connectivity index (χ3v) is 5.61. The van der Waals surface area contributed by atoms with E-state index in [2.05, 4.69) is 16.0 Å². The molecule has 8 N–H and O–H groups in total. The van der Waals surface area contributed by atoms with Crippen LogP contribution in [0.5, 0.6) is 0 Å². The number of carbonyl (C=O) groups excluding carboxylic acids is 4. The first kappa shape index (κ1) is 31.6. The van der Waals surface area contributed by atoms with Gasteiger partial charge in [0.2, 0.25) is 23.6 Å². The number of carboxylic acid groups (broad SMARTS) is 1. The van der Waals surface area contributed by atoms with Crippen molar-refractivity contribution in [1.29, 1.82) is 0 Å². The number of nitrogens with two attached hydrogens (primary N) is 2. The van der Waals surface area contributed by atoms with E-state index in [1.165, 1.54) is 0 Å². The number of nitrogens with one attached hydrogen (secondary N) is 3. The number of hydrogen-bond donors (Lipinski definition) is 6. The highest BCUT2D eigenvalue weighted by Crippen LogP contribution is 2.10. The van der Waals surface area contributed by atoms with E-state index in [1.54, 1.807) is 0 Å². The standard InChI is InChI=1S/C26H41N5O6/c1-15(2)12-18(27)23(33)30-21(14-17-8-6-5-7-9-17)25(35)31-20(13-16(3)4)24(34)29-19(26(36)37)10-11-22(28)32/h5-9,15-16,18-21H,10-14,27H2,1-4H3,(H2,28,32)(H,29,34)(H,30,33)(H,31,35)(H,36,37). The summed E-state index contributed by atoms with van der Waals surface area (Å²) in [6.45, 7) is 7.57. The van der Waals surface area contributed by atoms with Gasteiger partial charge in [-0.3, -0.25) is 19.2 Å². The van der Waals surface area contributed by atoms with Gasteiger partial charge in [-0.1, -0.05) is 58.0 Å². The normalized spacial score (nSPS) is 14.4. The van der Waals surface area contributed by atoms with Gasteiger partial charge in [-0.15, -0.1) is 0 Å². The van der Waals surface area contributed by atoms with Crippen LogP contribution in [-0.2, 0) is 30.4 Å². The highest BCUT2D eigenvalue weighted by molar-refractivity contribution is 5.94. The monoisotopic (exact) mass is 519 g/mol. The van der Waals surface area contributed by atoms with Crippen LogP contribution in [0.3, 0.4) is 0 Å². The molecular formula is C26H41N5O6. The molecule has 4 atom stereocenters. The van der Waals surface area contributed by atoms with E-state index in [-0.39, 0.29) is 37.5 Å². The van der Waals surface area contributed by atoms with Crippen LogP contribution >= 0.6 is 0 Å². The molecule has 0 aromatic heterocycles. The van der Waals surface area contributed by atoms with Crippen molar-refractivity contribution in [3.05, 3.63) is 35.9 Å². The van der Waals surface area contributed by atoms with E-state index in [4.69, 9.17) is 11.5 Å². The average Bonchev–Trinajstić information content (AvgIpc) is 2.80. The first-order chi connectivity index (χ1) is 17.3. The van der Waals surface area contributed by atoms with Crippen molar-refractivity contribution in [2.24, 2.45) is 23.3 Å². The minimum Gasteiger partial charge on any atom is -0.480 e. The highest BCUT2D eigenvalue weighted by atomic mass is 16.4. The molecule has 0 aliphatic heterocycles. The first-order valence-electron chi connectivity index (χ1n) is 12.5. The fourth-order valence-electron chi connectivity index (χ4n) is 3.74. The Bertz CT molecular complexity index is 921. The zero-order valence-electron chi connectivity index (χ0n) is 22.0. The lowest BCUT2D eigenvalue weighted by Gasteiger charge is -2.26. The predicted molar refractivity (Wildman–Crippen MR) is 139 cm³/mol. The third-order valence-electron chi connectivity index (χ3n) is 5.61. The summed E-state index contributed by atoms with van der Waals surface area (Å²) in [7, 11) is 0. The van der Waals surface area contributed by atoms with Crippen molar-refractivity contribution in [3.63, 3.8) is 0 Å². The fraction of sp³-hybridized carbons (Fsp3) is 0.577. The van der Waals surface area contributed by atoms with Crippen LogP contribution in [0, 0.1) is 11.8 Å². The summed E-state index contributed by atoms with van der Waals surface area (Å²) in [5.41, 5.74) is 11.9. The van der Waals surface area contributed by atoms with Gasteiger partial charge in [-0.2, -0.15) is 0 Å². The first-order valence-corrected chi connectivity index (χ1v) is 12.5. The van der Waals surface area contributed by atoms with Crippen LogP contribution in [0.4, 0.5) is 0 Å². The van der Waals surface area contributed by atoms with Crippen LogP contribution in [0.25, 0.3) is 0 Å². The highest BCUT2D eigenvalue weighted by Gasteiger charge is 2.31. The molecule has 0 spiro atoms. The van der Waals surface area contributed by atoms with E-state index < -0.39 is 53.8 Å². The second kappa shape index (κ2) is 15.6. The van der Waals surface area contributed by atoms with Crippen LogP contribution < -0.4 is 27.4 Å². The molecule has 0 aliphatic carbocycles. The van der Waals surface area contributed by atoms with Crippen molar-refractivity contribution in [2.45, 2.75) is 84.0 Å². The number of rotatable bonds is 16. The molecule has 37 heavy (non-hydrogen) atoms. The maximum absolute atomic E-state index is 13.3. The zero-order chi connectivity index (χ0) is 28.1. The largest absolute Gasteiger partial charge is 0.480 e. The molecule has 4 unspecified atom stereocenters. The Kier molecular flexibility index (Phi) is 13.3. The molecule has 1 aromatic carbocycles. The molecule has 0 radical (unpaired) electrons. The molecule has 0 bridgehead atoms. The number of benzene rings is 1. The van der Waals surface area contributed by atoms with Gasteiger partial charge in [0, 0.05) is 12.8 Å². The van der Waals surface area contributed by atoms with Crippen LogP contribution in [0.2, 0.25) is 0 Å². The van der Waals surface area contributed by atoms with Crippen LogP contribution in [-0.4, -0.2) is 58.9 Å². The number of amides is 4. The molecule has 4 amide bonds. The lowest BCUT2D eigenvalue weighted by atomic mass is 9.99. The molecule has 1 aromatic rings. The van der Waals surface area contributed by atoms with Gasteiger partial charge in [-0.25, -0.2) is 4.79 Å². The quantitative estimate of drug-likeness (QED) is 0.182. The van der Waals surface area contributed by atoms with Crippen molar-refractivity contribution < 1.29 is 29.1 Å². The number of carboxylic acids is 1. The molecule has 0 aliphatic rings. The second-order valence-corrected chi connectivity index (χ2v) is 10.1. The molecule has 1 rings (SSSR count). The number of primary amides is 1. The molecule has 0 heterocycles. The summed E-state index contributed by atoms with van der Waals surface area (Å²) in [5, 5.41) is 17.2. The maximum atomic E-state index is 13.3. The van der Waals surface area contributed by atoms with Gasteiger partial charge in [0.05, 0.1) is 6.04 Å². The lowest BCUT2D eigenvalue weighted by molar-refractivity contribution is -0.142. The molecule has 0 fully saturated rings. The van der Waals surface area contributed by atoms with E-state index >= 15 is 0 Å².